The number of rotatable bonds is 2. The van der Waals surface area contributed by atoms with E-state index in [9.17, 15) is 0 Å². The summed E-state index contributed by atoms with van der Waals surface area (Å²) in [5.74, 6) is 0.419. The van der Waals surface area contributed by atoms with Crippen molar-refractivity contribution in [3.8, 4) is 0 Å². The molecular formula is C13H23BO3. The maximum absolute atomic E-state index is 6.22. The van der Waals surface area contributed by atoms with Crippen LogP contribution in [0.5, 0.6) is 0 Å². The molecule has 0 saturated carbocycles. The first-order valence-corrected chi connectivity index (χ1v) is 6.49. The standard InChI is InChI=1S/C13H23BO3/c1-10(2)13(5)12(3,4)16-14(17-13)11-6-8-15-9-7-11/h6,10H,7-9H2,1-5H3. The van der Waals surface area contributed by atoms with Gasteiger partial charge in [0, 0.05) is 0 Å². The minimum atomic E-state index is -0.259. The molecule has 0 aromatic heterocycles. The molecule has 0 amide bonds. The Labute approximate surface area is 105 Å². The van der Waals surface area contributed by atoms with E-state index in [2.05, 4.69) is 40.7 Å². The number of ether oxygens (including phenoxy) is 1. The lowest BCUT2D eigenvalue weighted by atomic mass is 9.75. The summed E-state index contributed by atoms with van der Waals surface area (Å²) in [6, 6.07) is 0. The van der Waals surface area contributed by atoms with Gasteiger partial charge >= 0.3 is 7.12 Å². The monoisotopic (exact) mass is 238 g/mol. The Morgan fingerprint density at radius 3 is 2.41 bits per heavy atom. The van der Waals surface area contributed by atoms with Crippen LogP contribution in [0.3, 0.4) is 0 Å². The van der Waals surface area contributed by atoms with E-state index in [4.69, 9.17) is 14.0 Å². The molecule has 0 bridgehead atoms. The molecule has 0 aromatic carbocycles. The third-order valence-corrected chi connectivity index (χ3v) is 4.35. The zero-order chi connectivity index (χ0) is 12.7. The van der Waals surface area contributed by atoms with Gasteiger partial charge in [0.15, 0.2) is 0 Å². The van der Waals surface area contributed by atoms with E-state index < -0.39 is 0 Å². The Hall–Kier alpha value is -0.315. The highest BCUT2D eigenvalue weighted by Gasteiger charge is 2.56. The Morgan fingerprint density at radius 2 is 1.94 bits per heavy atom. The fraction of sp³-hybridized carbons (Fsp3) is 0.846. The summed E-state index contributed by atoms with van der Waals surface area (Å²) in [5, 5.41) is 0. The average molecular weight is 238 g/mol. The van der Waals surface area contributed by atoms with Crippen LogP contribution in [0.25, 0.3) is 0 Å². The first-order chi connectivity index (χ1) is 7.87. The summed E-state index contributed by atoms with van der Waals surface area (Å²) in [6.45, 7) is 12.2. The van der Waals surface area contributed by atoms with Gasteiger partial charge in [0.1, 0.15) is 0 Å². The van der Waals surface area contributed by atoms with Crippen molar-refractivity contribution in [2.45, 2.75) is 52.2 Å². The Bertz CT molecular complexity index is 325. The van der Waals surface area contributed by atoms with Gasteiger partial charge in [-0.05, 0) is 38.6 Å². The van der Waals surface area contributed by atoms with Crippen molar-refractivity contribution in [1.82, 2.24) is 0 Å². The van der Waals surface area contributed by atoms with Crippen molar-refractivity contribution in [1.29, 1.82) is 0 Å². The van der Waals surface area contributed by atoms with E-state index in [1.54, 1.807) is 0 Å². The van der Waals surface area contributed by atoms with Crippen LogP contribution in [0.15, 0.2) is 11.5 Å². The van der Waals surface area contributed by atoms with Gasteiger partial charge in [-0.1, -0.05) is 19.9 Å². The van der Waals surface area contributed by atoms with E-state index in [0.717, 1.165) is 13.0 Å². The highest BCUT2D eigenvalue weighted by molar-refractivity contribution is 6.54. The molecule has 2 rings (SSSR count). The third kappa shape index (κ3) is 2.18. The van der Waals surface area contributed by atoms with Crippen LogP contribution in [0.2, 0.25) is 0 Å². The first-order valence-electron chi connectivity index (χ1n) is 6.49. The average Bonchev–Trinajstić information content (AvgIpc) is 2.52. The summed E-state index contributed by atoms with van der Waals surface area (Å²) in [4.78, 5) is 0. The molecule has 1 unspecified atom stereocenters. The van der Waals surface area contributed by atoms with E-state index in [0.29, 0.717) is 12.5 Å². The maximum atomic E-state index is 6.22. The summed E-state index contributed by atoms with van der Waals surface area (Å²) in [5.41, 5.74) is 0.732. The van der Waals surface area contributed by atoms with E-state index in [-0.39, 0.29) is 18.3 Å². The molecule has 0 spiro atoms. The van der Waals surface area contributed by atoms with Crippen LogP contribution in [-0.4, -0.2) is 31.5 Å². The molecule has 1 saturated heterocycles. The molecule has 2 heterocycles. The van der Waals surface area contributed by atoms with Crippen molar-refractivity contribution in [3.05, 3.63) is 11.5 Å². The molecule has 96 valence electrons. The van der Waals surface area contributed by atoms with Crippen LogP contribution in [-0.2, 0) is 14.0 Å². The lowest BCUT2D eigenvalue weighted by Crippen LogP contribution is -2.48. The van der Waals surface area contributed by atoms with Crippen LogP contribution in [0.1, 0.15) is 41.0 Å². The van der Waals surface area contributed by atoms with Gasteiger partial charge in [0.25, 0.3) is 0 Å². The molecular weight excluding hydrogens is 215 g/mol. The molecule has 3 nitrogen and oxygen atoms in total. The minimum absolute atomic E-state index is 0.193. The van der Waals surface area contributed by atoms with Crippen LogP contribution in [0.4, 0.5) is 0 Å². The highest BCUT2D eigenvalue weighted by Crippen LogP contribution is 2.44. The van der Waals surface area contributed by atoms with Gasteiger partial charge in [-0.15, -0.1) is 0 Å². The maximum Gasteiger partial charge on any atom is 0.490 e. The second-order valence-corrected chi connectivity index (χ2v) is 5.94. The predicted octanol–water partition coefficient (Wildman–Crippen LogP) is 2.60. The summed E-state index contributed by atoms with van der Waals surface area (Å²) < 4.78 is 17.7. The van der Waals surface area contributed by atoms with E-state index in [1.165, 1.54) is 5.47 Å². The van der Waals surface area contributed by atoms with Crippen molar-refractivity contribution in [3.63, 3.8) is 0 Å². The molecule has 0 radical (unpaired) electrons. The molecule has 1 atom stereocenters. The molecule has 0 N–H and O–H groups in total. The van der Waals surface area contributed by atoms with Crippen molar-refractivity contribution < 1.29 is 14.0 Å². The van der Waals surface area contributed by atoms with Gasteiger partial charge < -0.3 is 14.0 Å². The molecule has 1 fully saturated rings. The Morgan fingerprint density at radius 1 is 1.24 bits per heavy atom. The van der Waals surface area contributed by atoms with Crippen LogP contribution in [0, 0.1) is 5.92 Å². The van der Waals surface area contributed by atoms with Crippen molar-refractivity contribution >= 4 is 7.12 Å². The molecule has 0 aromatic rings. The molecule has 2 aliphatic rings. The first kappa shape index (κ1) is 13.1. The Balaban J connectivity index is 2.18. The normalized spacial score (nSPS) is 33.1. The summed E-state index contributed by atoms with van der Waals surface area (Å²) in [7, 11) is -0.193. The highest BCUT2D eigenvalue weighted by atomic mass is 16.7. The van der Waals surface area contributed by atoms with Gasteiger partial charge in [-0.25, -0.2) is 0 Å². The molecule has 17 heavy (non-hydrogen) atoms. The second kappa shape index (κ2) is 4.41. The Kier molecular flexibility index (Phi) is 3.41. The van der Waals surface area contributed by atoms with E-state index >= 15 is 0 Å². The van der Waals surface area contributed by atoms with Gasteiger partial charge in [-0.2, -0.15) is 0 Å². The second-order valence-electron chi connectivity index (χ2n) is 5.94. The zero-order valence-corrected chi connectivity index (χ0v) is 11.6. The summed E-state index contributed by atoms with van der Waals surface area (Å²) in [6.07, 6.45) is 3.01. The van der Waals surface area contributed by atoms with Crippen LogP contribution < -0.4 is 0 Å². The lowest BCUT2D eigenvalue weighted by molar-refractivity contribution is -0.0435. The predicted molar refractivity (Wildman–Crippen MR) is 68.8 cm³/mol. The number of hydrogen-bond acceptors (Lipinski definition) is 3. The SMILES string of the molecule is CC(C)C1(C)OB(C2=CCOCC2)OC1(C)C. The van der Waals surface area contributed by atoms with Gasteiger partial charge in [0.2, 0.25) is 0 Å². The fourth-order valence-electron chi connectivity index (χ4n) is 2.51. The quantitative estimate of drug-likeness (QED) is 0.692. The lowest BCUT2D eigenvalue weighted by Gasteiger charge is -2.39. The van der Waals surface area contributed by atoms with Gasteiger partial charge in [-0.3, -0.25) is 0 Å². The fourth-order valence-corrected chi connectivity index (χ4v) is 2.51. The molecule has 2 aliphatic heterocycles. The largest absolute Gasteiger partial charge is 0.490 e. The molecule has 0 aliphatic carbocycles. The van der Waals surface area contributed by atoms with Gasteiger partial charge in [0.05, 0.1) is 24.4 Å². The van der Waals surface area contributed by atoms with Crippen molar-refractivity contribution in [2.24, 2.45) is 5.92 Å². The topological polar surface area (TPSA) is 27.7 Å². The minimum Gasteiger partial charge on any atom is -0.400 e. The smallest absolute Gasteiger partial charge is 0.400 e. The number of hydrogen-bond donors (Lipinski definition) is 0. The third-order valence-electron chi connectivity index (χ3n) is 4.35. The zero-order valence-electron chi connectivity index (χ0n) is 11.6. The molecule has 4 heteroatoms. The van der Waals surface area contributed by atoms with Crippen LogP contribution >= 0.6 is 0 Å². The summed E-state index contributed by atoms with van der Waals surface area (Å²) >= 11 is 0. The van der Waals surface area contributed by atoms with Crippen molar-refractivity contribution in [2.75, 3.05) is 13.2 Å². The van der Waals surface area contributed by atoms with E-state index in [1.807, 2.05) is 0 Å².